The average Bonchev–Trinajstić information content (AvgIpc) is 2.22. The third kappa shape index (κ3) is 0.852. The topological polar surface area (TPSA) is 38.5 Å². The molecule has 3 nitrogen and oxygen atoms in total. The predicted molar refractivity (Wildman–Crippen MR) is 33.6 cm³/mol. The van der Waals surface area contributed by atoms with E-state index in [4.69, 9.17) is 10.6 Å². The lowest BCUT2D eigenvalue weighted by Crippen LogP contribution is -2.29. The number of rotatable bonds is 0. The lowest BCUT2D eigenvalue weighted by Gasteiger charge is -2.07. The van der Waals surface area contributed by atoms with Gasteiger partial charge in [-0.25, -0.2) is 5.01 Å². The Labute approximate surface area is 54.7 Å². The zero-order valence-corrected chi connectivity index (χ0v) is 5.42. The van der Waals surface area contributed by atoms with E-state index in [0.717, 1.165) is 38.1 Å². The number of fused-ring (bicyclic) bond motifs is 1. The van der Waals surface area contributed by atoms with Crippen molar-refractivity contribution in [3.05, 3.63) is 0 Å². The Morgan fingerprint density at radius 3 is 2.33 bits per heavy atom. The van der Waals surface area contributed by atoms with E-state index in [-0.39, 0.29) is 0 Å². The van der Waals surface area contributed by atoms with Crippen LogP contribution in [0.15, 0.2) is 0 Å². The van der Waals surface area contributed by atoms with Crippen molar-refractivity contribution in [2.45, 2.75) is 0 Å². The molecule has 2 aliphatic heterocycles. The first-order chi connectivity index (χ1) is 4.36. The monoisotopic (exact) mass is 128 g/mol. The van der Waals surface area contributed by atoms with Gasteiger partial charge in [0.25, 0.3) is 0 Å². The molecule has 0 amide bonds. The van der Waals surface area contributed by atoms with Crippen LogP contribution in [0.4, 0.5) is 0 Å². The van der Waals surface area contributed by atoms with E-state index in [2.05, 4.69) is 0 Å². The Bertz CT molecular complexity index is 106. The van der Waals surface area contributed by atoms with Gasteiger partial charge in [-0.2, -0.15) is 0 Å². The van der Waals surface area contributed by atoms with E-state index in [0.29, 0.717) is 0 Å². The highest BCUT2D eigenvalue weighted by molar-refractivity contribution is 4.84. The minimum absolute atomic E-state index is 0.731. The number of hydrogen-bond donors (Lipinski definition) is 1. The van der Waals surface area contributed by atoms with Crippen LogP contribution >= 0.6 is 0 Å². The van der Waals surface area contributed by atoms with Gasteiger partial charge >= 0.3 is 0 Å². The van der Waals surface area contributed by atoms with Crippen LogP contribution in [0.2, 0.25) is 0 Å². The average molecular weight is 128 g/mol. The van der Waals surface area contributed by atoms with Crippen molar-refractivity contribution in [1.29, 1.82) is 0 Å². The summed E-state index contributed by atoms with van der Waals surface area (Å²) in [5, 5.41) is 1.90. The molecule has 9 heavy (non-hydrogen) atoms. The van der Waals surface area contributed by atoms with E-state index in [1.54, 1.807) is 0 Å². The van der Waals surface area contributed by atoms with Gasteiger partial charge in [0.2, 0.25) is 0 Å². The number of hydrogen-bond acceptors (Lipinski definition) is 3. The summed E-state index contributed by atoms with van der Waals surface area (Å²) in [6.45, 7) is 3.92. The maximum atomic E-state index is 5.60. The lowest BCUT2D eigenvalue weighted by molar-refractivity contribution is 0.155. The standard InChI is InChI=1S/C6H12N2O/c7-8-1-5-3-9-4-6(5)2-8/h5-6H,1-4,7H2. The van der Waals surface area contributed by atoms with Crippen LogP contribution in [0.25, 0.3) is 0 Å². The zero-order valence-electron chi connectivity index (χ0n) is 5.42. The van der Waals surface area contributed by atoms with Crippen LogP contribution in [0.5, 0.6) is 0 Å². The van der Waals surface area contributed by atoms with Crippen molar-refractivity contribution in [2.24, 2.45) is 17.7 Å². The fourth-order valence-electron chi connectivity index (χ4n) is 1.72. The smallest absolute Gasteiger partial charge is 0.0511 e. The van der Waals surface area contributed by atoms with E-state index in [1.165, 1.54) is 0 Å². The number of nitrogens with two attached hydrogens (primary N) is 1. The fourth-order valence-corrected chi connectivity index (χ4v) is 1.72. The highest BCUT2D eigenvalue weighted by Gasteiger charge is 2.35. The Morgan fingerprint density at radius 2 is 1.78 bits per heavy atom. The van der Waals surface area contributed by atoms with Gasteiger partial charge in [-0.3, -0.25) is 5.84 Å². The second-order valence-corrected chi connectivity index (χ2v) is 3.01. The first kappa shape index (κ1) is 5.65. The second kappa shape index (κ2) is 1.94. The normalized spacial score (nSPS) is 43.7. The molecular formula is C6H12N2O. The summed E-state index contributed by atoms with van der Waals surface area (Å²) in [5.41, 5.74) is 0. The van der Waals surface area contributed by atoms with Crippen molar-refractivity contribution in [3.8, 4) is 0 Å². The Balaban J connectivity index is 2.02. The van der Waals surface area contributed by atoms with Gasteiger partial charge in [0.05, 0.1) is 13.2 Å². The van der Waals surface area contributed by atoms with Gasteiger partial charge in [-0.05, 0) is 0 Å². The van der Waals surface area contributed by atoms with Crippen LogP contribution in [0, 0.1) is 11.8 Å². The molecular weight excluding hydrogens is 116 g/mol. The molecule has 0 spiro atoms. The van der Waals surface area contributed by atoms with Crippen molar-refractivity contribution in [1.82, 2.24) is 5.01 Å². The van der Waals surface area contributed by atoms with Gasteiger partial charge in [0.15, 0.2) is 0 Å². The van der Waals surface area contributed by atoms with E-state index in [1.807, 2.05) is 5.01 Å². The predicted octanol–water partition coefficient (Wildman–Crippen LogP) is -0.562. The van der Waals surface area contributed by atoms with E-state index >= 15 is 0 Å². The van der Waals surface area contributed by atoms with Gasteiger partial charge < -0.3 is 4.74 Å². The quantitative estimate of drug-likeness (QED) is 0.444. The number of nitrogens with zero attached hydrogens (tertiary/aromatic N) is 1. The summed E-state index contributed by atoms with van der Waals surface area (Å²) < 4.78 is 5.28. The van der Waals surface area contributed by atoms with Crippen molar-refractivity contribution >= 4 is 0 Å². The molecule has 2 rings (SSSR count). The minimum atomic E-state index is 0.731. The van der Waals surface area contributed by atoms with Gasteiger partial charge in [0, 0.05) is 24.9 Å². The first-order valence-corrected chi connectivity index (χ1v) is 3.43. The lowest BCUT2D eigenvalue weighted by atomic mass is 10.0. The Morgan fingerprint density at radius 1 is 1.22 bits per heavy atom. The minimum Gasteiger partial charge on any atom is -0.381 e. The summed E-state index contributed by atoms with van der Waals surface area (Å²) in [7, 11) is 0. The Kier molecular flexibility index (Phi) is 1.22. The molecule has 0 radical (unpaired) electrons. The van der Waals surface area contributed by atoms with Gasteiger partial charge in [-0.15, -0.1) is 0 Å². The highest BCUT2D eigenvalue weighted by atomic mass is 16.5. The summed E-state index contributed by atoms with van der Waals surface area (Å²) in [6, 6.07) is 0. The third-order valence-corrected chi connectivity index (χ3v) is 2.27. The maximum Gasteiger partial charge on any atom is 0.0511 e. The molecule has 2 fully saturated rings. The molecule has 2 atom stereocenters. The number of ether oxygens (including phenoxy) is 1. The number of hydrazine groups is 1. The van der Waals surface area contributed by atoms with E-state index in [9.17, 15) is 0 Å². The Hall–Kier alpha value is -0.120. The molecule has 0 aromatic heterocycles. The first-order valence-electron chi connectivity index (χ1n) is 3.43. The molecule has 2 saturated heterocycles. The van der Waals surface area contributed by atoms with Crippen LogP contribution in [0.1, 0.15) is 0 Å². The van der Waals surface area contributed by atoms with E-state index < -0.39 is 0 Å². The highest BCUT2D eigenvalue weighted by Crippen LogP contribution is 2.26. The molecule has 3 heteroatoms. The summed E-state index contributed by atoms with van der Waals surface area (Å²) in [4.78, 5) is 0. The van der Waals surface area contributed by atoms with Gasteiger partial charge in [0.1, 0.15) is 0 Å². The van der Waals surface area contributed by atoms with Gasteiger partial charge in [-0.1, -0.05) is 0 Å². The van der Waals surface area contributed by atoms with Crippen molar-refractivity contribution in [3.63, 3.8) is 0 Å². The molecule has 0 aliphatic carbocycles. The largest absolute Gasteiger partial charge is 0.381 e. The summed E-state index contributed by atoms with van der Waals surface area (Å²) >= 11 is 0. The molecule has 0 bridgehead atoms. The van der Waals surface area contributed by atoms with Crippen LogP contribution in [-0.2, 0) is 4.74 Å². The second-order valence-electron chi connectivity index (χ2n) is 3.01. The fraction of sp³-hybridized carbons (Fsp3) is 1.00. The SMILES string of the molecule is NN1CC2COCC2C1. The van der Waals surface area contributed by atoms with Crippen molar-refractivity contribution < 1.29 is 4.74 Å². The van der Waals surface area contributed by atoms with Crippen LogP contribution in [-0.4, -0.2) is 31.3 Å². The molecule has 2 heterocycles. The molecule has 2 N–H and O–H groups in total. The molecule has 0 aromatic rings. The molecule has 2 unspecified atom stereocenters. The summed E-state index contributed by atoms with van der Waals surface area (Å²) in [6.07, 6.45) is 0. The molecule has 52 valence electrons. The molecule has 0 aromatic carbocycles. The van der Waals surface area contributed by atoms with Crippen LogP contribution in [0.3, 0.4) is 0 Å². The van der Waals surface area contributed by atoms with Crippen molar-refractivity contribution in [2.75, 3.05) is 26.3 Å². The summed E-state index contributed by atoms with van der Waals surface area (Å²) in [5.74, 6) is 7.07. The zero-order chi connectivity index (χ0) is 6.27. The molecule has 2 aliphatic rings. The molecule has 0 saturated carbocycles. The maximum absolute atomic E-state index is 5.60. The third-order valence-electron chi connectivity index (χ3n) is 2.27. The van der Waals surface area contributed by atoms with Crippen LogP contribution < -0.4 is 5.84 Å².